The van der Waals surface area contributed by atoms with Crippen LogP contribution < -0.4 is 0 Å². The van der Waals surface area contributed by atoms with Gasteiger partial charge >= 0.3 is 0 Å². The van der Waals surface area contributed by atoms with Gasteiger partial charge in [-0.3, -0.25) is 4.18 Å². The van der Waals surface area contributed by atoms with E-state index in [1.54, 1.807) is 6.92 Å². The Balaban J connectivity index is 4.55. The Morgan fingerprint density at radius 3 is 2.40 bits per heavy atom. The van der Waals surface area contributed by atoms with Crippen LogP contribution in [0.25, 0.3) is 0 Å². The van der Waals surface area contributed by atoms with E-state index in [1.165, 1.54) is 0 Å². The molecule has 0 aromatic rings. The van der Waals surface area contributed by atoms with E-state index in [0.717, 1.165) is 0 Å². The summed E-state index contributed by atoms with van der Waals surface area (Å²) in [5, 5.41) is 0. The van der Waals surface area contributed by atoms with Crippen molar-refractivity contribution in [1.29, 1.82) is 0 Å². The highest BCUT2D eigenvalue weighted by atomic mass is 32.2. The van der Waals surface area contributed by atoms with E-state index in [4.69, 9.17) is 6.42 Å². The van der Waals surface area contributed by atoms with Gasteiger partial charge in [0.05, 0.1) is 0 Å². The molecule has 0 aliphatic rings. The van der Waals surface area contributed by atoms with Gasteiger partial charge in [0.1, 0.15) is 19.2 Å². The van der Waals surface area contributed by atoms with Gasteiger partial charge in [-0.2, -0.15) is 8.42 Å². The Labute approximate surface area is 91.9 Å². The Kier molecular flexibility index (Phi) is 6.19. The topological polar surface area (TPSA) is 60.4 Å². The van der Waals surface area contributed by atoms with Crippen molar-refractivity contribution < 1.29 is 17.2 Å². The summed E-state index contributed by atoms with van der Waals surface area (Å²) in [7, 11) is -6.38. The largest absolute Gasteiger partial charge is 0.322 e. The molecule has 0 rings (SSSR count). The van der Waals surface area contributed by atoms with Crippen LogP contribution in [0, 0.1) is 12.3 Å². The zero-order valence-electron chi connectivity index (χ0n) is 9.10. The zero-order chi connectivity index (χ0) is 11.9. The van der Waals surface area contributed by atoms with Crippen LogP contribution in [-0.2, 0) is 18.9 Å². The highest BCUT2D eigenvalue weighted by Gasteiger charge is 2.27. The Hall–Kier alpha value is -0.300. The van der Waals surface area contributed by atoms with E-state index in [0.29, 0.717) is 18.7 Å². The number of hydrogen-bond acceptors (Lipinski definition) is 4. The second-order valence-electron chi connectivity index (χ2n) is 3.25. The van der Waals surface area contributed by atoms with Crippen molar-refractivity contribution in [3.63, 3.8) is 0 Å². The molecule has 0 fully saturated rings. The molecule has 0 radical (unpaired) electrons. The molecule has 15 heavy (non-hydrogen) atoms. The van der Waals surface area contributed by atoms with Crippen LogP contribution in [0.15, 0.2) is 0 Å². The molecule has 0 heterocycles. The van der Waals surface area contributed by atoms with Crippen molar-refractivity contribution in [2.45, 2.75) is 20.3 Å². The molecule has 0 saturated carbocycles. The van der Waals surface area contributed by atoms with E-state index < -0.39 is 22.8 Å². The van der Waals surface area contributed by atoms with Gasteiger partial charge in [0.15, 0.2) is 0 Å². The Bertz CT molecular complexity index is 366. The Morgan fingerprint density at radius 2 is 2.00 bits per heavy atom. The van der Waals surface area contributed by atoms with Crippen molar-refractivity contribution in [3.05, 3.63) is 0 Å². The van der Waals surface area contributed by atoms with Crippen LogP contribution in [0.2, 0.25) is 0 Å². The minimum absolute atomic E-state index is 0.293. The maximum Gasteiger partial charge on any atom is 0.275 e. The van der Waals surface area contributed by atoms with Gasteiger partial charge in [-0.15, -0.1) is 6.42 Å². The molecule has 0 aliphatic heterocycles. The average molecular weight is 252 g/mol. The van der Waals surface area contributed by atoms with Crippen LogP contribution >= 0.6 is 7.14 Å². The molecule has 1 atom stereocenters. The molecule has 0 aromatic carbocycles. The van der Waals surface area contributed by atoms with Gasteiger partial charge in [-0.05, 0) is 12.6 Å². The van der Waals surface area contributed by atoms with E-state index in [9.17, 15) is 13.0 Å². The van der Waals surface area contributed by atoms with E-state index >= 15 is 0 Å². The molecule has 0 spiro atoms. The summed E-state index contributed by atoms with van der Waals surface area (Å²) in [6.07, 6.45) is 6.39. The van der Waals surface area contributed by atoms with Crippen molar-refractivity contribution >= 4 is 17.3 Å². The van der Waals surface area contributed by atoms with Gasteiger partial charge in [0.25, 0.3) is 10.1 Å². The summed E-state index contributed by atoms with van der Waals surface area (Å²) in [4.78, 5) is 0. The van der Waals surface area contributed by atoms with Crippen molar-refractivity contribution in [2.24, 2.45) is 0 Å². The predicted molar refractivity (Wildman–Crippen MR) is 61.9 cm³/mol. The van der Waals surface area contributed by atoms with Crippen molar-refractivity contribution in [3.8, 4) is 12.3 Å². The van der Waals surface area contributed by atoms with E-state index in [1.807, 2.05) is 6.92 Å². The van der Waals surface area contributed by atoms with Crippen molar-refractivity contribution in [2.75, 3.05) is 24.4 Å². The smallest absolute Gasteiger partial charge is 0.275 e. The Morgan fingerprint density at radius 1 is 1.40 bits per heavy atom. The first-order chi connectivity index (χ1) is 6.89. The van der Waals surface area contributed by atoms with Gasteiger partial charge < -0.3 is 4.57 Å². The van der Waals surface area contributed by atoms with E-state index in [2.05, 4.69) is 10.1 Å². The number of rotatable bonds is 7. The summed E-state index contributed by atoms with van der Waals surface area (Å²) in [6.45, 7) is 3.31. The molecule has 1 unspecified atom stereocenters. The molecule has 0 N–H and O–H groups in total. The summed E-state index contributed by atoms with van der Waals surface area (Å²) < 4.78 is 39.2. The first-order valence-corrected chi connectivity index (χ1v) is 8.60. The average Bonchev–Trinajstić information content (AvgIpc) is 2.14. The van der Waals surface area contributed by atoms with Crippen LogP contribution in [0.5, 0.6) is 0 Å². The predicted octanol–water partition coefficient (Wildman–Crippen LogP) is 1.72. The first-order valence-electron chi connectivity index (χ1n) is 4.77. The molecule has 0 amide bonds. The molecular formula is C9H17O4PS. The van der Waals surface area contributed by atoms with Crippen molar-refractivity contribution in [1.82, 2.24) is 0 Å². The maximum absolute atomic E-state index is 12.0. The second kappa shape index (κ2) is 6.32. The SMILES string of the molecule is C#CCOS(=O)(=O)CP(=O)(CC)CCC. The lowest BCUT2D eigenvalue weighted by molar-refractivity contribution is 0.366. The quantitative estimate of drug-likeness (QED) is 0.393. The molecule has 88 valence electrons. The highest BCUT2D eigenvalue weighted by Crippen LogP contribution is 2.46. The monoisotopic (exact) mass is 252 g/mol. The molecule has 0 aliphatic carbocycles. The van der Waals surface area contributed by atoms with Gasteiger partial charge in [0.2, 0.25) is 0 Å². The highest BCUT2D eigenvalue weighted by molar-refractivity contribution is 7.95. The summed E-state index contributed by atoms with van der Waals surface area (Å²) in [5.41, 5.74) is -0.397. The minimum Gasteiger partial charge on any atom is -0.322 e. The first kappa shape index (κ1) is 14.7. The molecule has 4 nitrogen and oxygen atoms in total. The third-order valence-corrected chi connectivity index (χ3v) is 7.96. The fourth-order valence-electron chi connectivity index (χ4n) is 1.17. The third-order valence-electron chi connectivity index (χ3n) is 1.92. The fourth-order valence-corrected chi connectivity index (χ4v) is 6.40. The molecule has 6 heteroatoms. The van der Waals surface area contributed by atoms with Gasteiger partial charge in [-0.1, -0.05) is 19.8 Å². The normalized spacial score (nSPS) is 15.5. The fraction of sp³-hybridized carbons (Fsp3) is 0.778. The van der Waals surface area contributed by atoms with E-state index in [-0.39, 0.29) is 6.61 Å². The summed E-state index contributed by atoms with van der Waals surface area (Å²) in [6, 6.07) is 0. The lowest BCUT2D eigenvalue weighted by Gasteiger charge is -2.14. The van der Waals surface area contributed by atoms with Crippen LogP contribution in [0.3, 0.4) is 0 Å². The molecule has 0 saturated heterocycles. The summed E-state index contributed by atoms with van der Waals surface area (Å²) >= 11 is 0. The molecular weight excluding hydrogens is 235 g/mol. The summed E-state index contributed by atoms with van der Waals surface area (Å²) in [5.74, 6) is 2.07. The van der Waals surface area contributed by atoms with Crippen LogP contribution in [0.1, 0.15) is 20.3 Å². The van der Waals surface area contributed by atoms with Gasteiger partial charge in [0, 0.05) is 6.16 Å². The number of hydrogen-bond donors (Lipinski definition) is 0. The number of terminal acetylenes is 1. The lowest BCUT2D eigenvalue weighted by Crippen LogP contribution is -2.13. The maximum atomic E-state index is 12.0. The minimum atomic E-state index is -3.74. The molecule has 0 aromatic heterocycles. The zero-order valence-corrected chi connectivity index (χ0v) is 10.8. The lowest BCUT2D eigenvalue weighted by atomic mass is 10.6. The second-order valence-corrected chi connectivity index (χ2v) is 8.83. The molecule has 0 bridgehead atoms. The van der Waals surface area contributed by atoms with Crippen LogP contribution in [0.4, 0.5) is 0 Å². The third kappa shape index (κ3) is 5.99. The van der Waals surface area contributed by atoms with Gasteiger partial charge in [-0.25, -0.2) is 0 Å². The van der Waals surface area contributed by atoms with Crippen LogP contribution in [-0.4, -0.2) is 32.8 Å². The standard InChI is InChI=1S/C9H17O4PS/c1-4-7-13-15(11,12)9-14(10,6-3)8-5-2/h1H,5-9H2,2-3H3.